The van der Waals surface area contributed by atoms with Crippen LogP contribution in [-0.2, 0) is 0 Å². The van der Waals surface area contributed by atoms with E-state index in [2.05, 4.69) is 31.9 Å². The molecule has 0 spiro atoms. The molecular weight excluding hydrogens is 309 g/mol. The van der Waals surface area contributed by atoms with Gasteiger partial charge in [0.2, 0.25) is 5.91 Å². The fraction of sp³-hybridized carbons (Fsp3) is 0. The first kappa shape index (κ1) is 10.0. The standard InChI is InChI=1S/C7H4Br2ClNO/c8-4-2-1-3(7(11)12)5(9)6(4)10/h1-2H,(H2,11,12). The molecule has 0 aliphatic carbocycles. The summed E-state index contributed by atoms with van der Waals surface area (Å²) in [5.41, 5.74) is 5.47. The van der Waals surface area contributed by atoms with Gasteiger partial charge in [-0.15, -0.1) is 0 Å². The van der Waals surface area contributed by atoms with E-state index in [9.17, 15) is 4.79 Å². The second kappa shape index (κ2) is 3.77. The van der Waals surface area contributed by atoms with Crippen molar-refractivity contribution in [3.05, 3.63) is 31.7 Å². The van der Waals surface area contributed by atoms with Gasteiger partial charge in [0.1, 0.15) is 0 Å². The van der Waals surface area contributed by atoms with Gasteiger partial charge in [-0.05, 0) is 44.0 Å². The number of carbonyl (C=O) groups excluding carboxylic acids is 1. The van der Waals surface area contributed by atoms with Crippen molar-refractivity contribution in [1.29, 1.82) is 0 Å². The van der Waals surface area contributed by atoms with Crippen LogP contribution in [-0.4, -0.2) is 5.91 Å². The lowest BCUT2D eigenvalue weighted by atomic mass is 10.2. The van der Waals surface area contributed by atoms with Crippen LogP contribution in [0, 0.1) is 0 Å². The molecule has 1 rings (SSSR count). The molecule has 0 saturated heterocycles. The van der Waals surface area contributed by atoms with Crippen LogP contribution in [0.4, 0.5) is 0 Å². The average Bonchev–Trinajstić information content (AvgIpc) is 2.00. The number of hydrogen-bond acceptors (Lipinski definition) is 1. The number of nitrogens with two attached hydrogens (primary N) is 1. The monoisotopic (exact) mass is 311 g/mol. The molecule has 1 aromatic carbocycles. The number of amides is 1. The van der Waals surface area contributed by atoms with Crippen molar-refractivity contribution < 1.29 is 4.79 Å². The molecule has 64 valence electrons. The van der Waals surface area contributed by atoms with E-state index >= 15 is 0 Å². The molecule has 0 radical (unpaired) electrons. The van der Waals surface area contributed by atoms with E-state index in [1.165, 1.54) is 0 Å². The minimum absolute atomic E-state index is 0.378. The van der Waals surface area contributed by atoms with Gasteiger partial charge in [-0.3, -0.25) is 4.79 Å². The third kappa shape index (κ3) is 1.81. The van der Waals surface area contributed by atoms with Gasteiger partial charge in [0, 0.05) is 4.47 Å². The highest BCUT2D eigenvalue weighted by atomic mass is 79.9. The molecule has 0 unspecified atom stereocenters. The van der Waals surface area contributed by atoms with Gasteiger partial charge in [0.25, 0.3) is 0 Å². The smallest absolute Gasteiger partial charge is 0.249 e. The summed E-state index contributed by atoms with van der Waals surface area (Å²) >= 11 is 12.2. The maximum atomic E-state index is 10.8. The first-order valence-electron chi connectivity index (χ1n) is 2.97. The second-order valence-corrected chi connectivity index (χ2v) is 4.11. The summed E-state index contributed by atoms with van der Waals surface area (Å²) in [6.45, 7) is 0. The summed E-state index contributed by atoms with van der Waals surface area (Å²) in [7, 11) is 0. The molecule has 0 fully saturated rings. The Hall–Kier alpha value is -0.0600. The minimum Gasteiger partial charge on any atom is -0.366 e. The number of hydrogen-bond donors (Lipinski definition) is 1. The Labute approximate surface area is 91.3 Å². The Bertz CT molecular complexity index is 340. The molecule has 0 bridgehead atoms. The van der Waals surface area contributed by atoms with Gasteiger partial charge in [0.05, 0.1) is 15.1 Å². The number of benzene rings is 1. The predicted molar refractivity (Wildman–Crippen MR) is 55.4 cm³/mol. The van der Waals surface area contributed by atoms with Crippen LogP contribution in [0.2, 0.25) is 5.02 Å². The molecule has 5 heteroatoms. The summed E-state index contributed by atoms with van der Waals surface area (Å²) < 4.78 is 1.24. The van der Waals surface area contributed by atoms with Crippen molar-refractivity contribution in [2.45, 2.75) is 0 Å². The van der Waals surface area contributed by atoms with E-state index in [-0.39, 0.29) is 0 Å². The van der Waals surface area contributed by atoms with E-state index in [4.69, 9.17) is 17.3 Å². The highest BCUT2D eigenvalue weighted by molar-refractivity contribution is 9.11. The first-order valence-corrected chi connectivity index (χ1v) is 4.93. The zero-order chi connectivity index (χ0) is 9.30. The largest absolute Gasteiger partial charge is 0.366 e. The lowest BCUT2D eigenvalue weighted by molar-refractivity contribution is 0.0999. The molecule has 0 aliphatic rings. The molecule has 1 amide bonds. The predicted octanol–water partition coefficient (Wildman–Crippen LogP) is 2.96. The van der Waals surface area contributed by atoms with Crippen LogP contribution in [0.5, 0.6) is 0 Å². The fourth-order valence-electron chi connectivity index (χ4n) is 0.716. The Kier molecular flexibility index (Phi) is 3.15. The van der Waals surface area contributed by atoms with Crippen LogP contribution in [0.25, 0.3) is 0 Å². The van der Waals surface area contributed by atoms with Crippen LogP contribution in [0.1, 0.15) is 10.4 Å². The lowest BCUT2D eigenvalue weighted by Gasteiger charge is -2.03. The van der Waals surface area contributed by atoms with Gasteiger partial charge in [-0.2, -0.15) is 0 Å². The third-order valence-corrected chi connectivity index (χ3v) is 3.63. The summed E-state index contributed by atoms with van der Waals surface area (Å²) in [5.74, 6) is -0.503. The molecule has 2 nitrogen and oxygen atoms in total. The van der Waals surface area contributed by atoms with Crippen LogP contribution >= 0.6 is 43.5 Å². The van der Waals surface area contributed by atoms with E-state index < -0.39 is 5.91 Å². The number of rotatable bonds is 1. The van der Waals surface area contributed by atoms with E-state index in [1.54, 1.807) is 12.1 Å². The summed E-state index contributed by atoms with van der Waals surface area (Å²) in [5, 5.41) is 0.450. The molecule has 0 aromatic heterocycles. The van der Waals surface area contributed by atoms with Gasteiger partial charge in [-0.25, -0.2) is 0 Å². The first-order chi connectivity index (χ1) is 5.54. The molecule has 0 saturated carbocycles. The Balaban J connectivity index is 3.36. The summed E-state index contributed by atoms with van der Waals surface area (Å²) in [6, 6.07) is 3.27. The Morgan fingerprint density at radius 1 is 1.42 bits per heavy atom. The fourth-order valence-corrected chi connectivity index (χ4v) is 2.02. The Morgan fingerprint density at radius 3 is 2.50 bits per heavy atom. The van der Waals surface area contributed by atoms with E-state index in [0.29, 0.717) is 15.1 Å². The summed E-state index contributed by atoms with van der Waals surface area (Å²) in [6.07, 6.45) is 0. The van der Waals surface area contributed by atoms with E-state index in [1.807, 2.05) is 0 Å². The van der Waals surface area contributed by atoms with E-state index in [0.717, 1.165) is 4.47 Å². The molecule has 12 heavy (non-hydrogen) atoms. The average molecular weight is 313 g/mol. The number of primary amides is 1. The Morgan fingerprint density at radius 2 is 2.00 bits per heavy atom. The topological polar surface area (TPSA) is 43.1 Å². The van der Waals surface area contributed by atoms with Crippen molar-refractivity contribution in [2.75, 3.05) is 0 Å². The SMILES string of the molecule is NC(=O)c1ccc(Br)c(Cl)c1Br. The van der Waals surface area contributed by atoms with Gasteiger partial charge < -0.3 is 5.73 Å². The maximum absolute atomic E-state index is 10.8. The van der Waals surface area contributed by atoms with Crippen LogP contribution in [0.15, 0.2) is 21.1 Å². The molecule has 0 heterocycles. The highest BCUT2D eigenvalue weighted by Crippen LogP contribution is 2.32. The van der Waals surface area contributed by atoms with Crippen molar-refractivity contribution in [3.8, 4) is 0 Å². The number of halogens is 3. The zero-order valence-corrected chi connectivity index (χ0v) is 9.70. The van der Waals surface area contributed by atoms with Crippen molar-refractivity contribution in [2.24, 2.45) is 5.73 Å². The molecule has 2 N–H and O–H groups in total. The molecular formula is C7H4Br2ClNO. The maximum Gasteiger partial charge on any atom is 0.249 e. The molecule has 0 atom stereocenters. The van der Waals surface area contributed by atoms with Crippen molar-refractivity contribution >= 4 is 49.4 Å². The number of carbonyl (C=O) groups is 1. The molecule has 1 aromatic rings. The van der Waals surface area contributed by atoms with Gasteiger partial charge in [-0.1, -0.05) is 11.6 Å². The molecule has 0 aliphatic heterocycles. The summed E-state index contributed by atoms with van der Waals surface area (Å²) in [4.78, 5) is 10.8. The highest BCUT2D eigenvalue weighted by Gasteiger charge is 2.11. The zero-order valence-electron chi connectivity index (χ0n) is 5.77. The van der Waals surface area contributed by atoms with Crippen molar-refractivity contribution in [1.82, 2.24) is 0 Å². The normalized spacial score (nSPS) is 9.92. The lowest BCUT2D eigenvalue weighted by Crippen LogP contribution is -2.11. The van der Waals surface area contributed by atoms with Crippen LogP contribution < -0.4 is 5.73 Å². The van der Waals surface area contributed by atoms with Crippen LogP contribution in [0.3, 0.4) is 0 Å². The third-order valence-electron chi connectivity index (χ3n) is 1.30. The minimum atomic E-state index is -0.503. The quantitative estimate of drug-likeness (QED) is 0.796. The van der Waals surface area contributed by atoms with Crippen molar-refractivity contribution in [3.63, 3.8) is 0 Å². The van der Waals surface area contributed by atoms with Gasteiger partial charge >= 0.3 is 0 Å². The van der Waals surface area contributed by atoms with Gasteiger partial charge in [0.15, 0.2) is 0 Å². The second-order valence-electron chi connectivity index (χ2n) is 2.09.